The Balaban J connectivity index is 2.35. The standard InChI is InChI=1S/C4H8N2OS/c7-4(8)6-2-1-5-3-6/h5H,1-3H2,(H,7,8). The minimum Gasteiger partial charge on any atom is -0.320 e. The van der Waals surface area contributed by atoms with Gasteiger partial charge < -0.3 is 4.90 Å². The average Bonchev–Trinajstić information content (AvgIpc) is 2.12. The summed E-state index contributed by atoms with van der Waals surface area (Å²) in [6.07, 6.45) is 0. The molecule has 0 aliphatic carbocycles. The molecule has 1 heterocycles. The van der Waals surface area contributed by atoms with Crippen LogP contribution in [0.1, 0.15) is 0 Å². The van der Waals surface area contributed by atoms with Crippen molar-refractivity contribution in [2.75, 3.05) is 19.8 Å². The monoisotopic (exact) mass is 132 g/mol. The van der Waals surface area contributed by atoms with Crippen molar-refractivity contribution in [1.29, 1.82) is 0 Å². The molecule has 0 radical (unpaired) electrons. The lowest BCUT2D eigenvalue weighted by molar-refractivity contribution is 0.233. The predicted octanol–water partition coefficient (Wildman–Crippen LogP) is -0.101. The molecule has 0 aromatic rings. The molecule has 1 aliphatic rings. The fourth-order valence-electron chi connectivity index (χ4n) is 0.670. The zero-order valence-corrected chi connectivity index (χ0v) is 5.32. The van der Waals surface area contributed by atoms with Crippen LogP contribution in [-0.2, 0) is 0 Å². The minimum absolute atomic E-state index is 0.144. The third-order valence-corrected chi connectivity index (χ3v) is 1.41. The van der Waals surface area contributed by atoms with E-state index in [-0.39, 0.29) is 5.24 Å². The molecule has 0 aromatic heterocycles. The molecular formula is C4H8N2OS. The molecule has 8 heavy (non-hydrogen) atoms. The summed E-state index contributed by atoms with van der Waals surface area (Å²) in [6, 6.07) is 0. The Bertz CT molecular complexity index is 100. The van der Waals surface area contributed by atoms with Crippen LogP contribution in [0.15, 0.2) is 0 Å². The van der Waals surface area contributed by atoms with Crippen LogP contribution in [0.5, 0.6) is 0 Å². The number of nitrogens with one attached hydrogen (secondary N) is 1. The van der Waals surface area contributed by atoms with Gasteiger partial charge in [0, 0.05) is 13.1 Å². The second-order valence-corrected chi connectivity index (χ2v) is 2.09. The van der Waals surface area contributed by atoms with Crippen molar-refractivity contribution in [3.63, 3.8) is 0 Å². The number of thiol groups is 1. The van der Waals surface area contributed by atoms with Crippen molar-refractivity contribution in [2.45, 2.75) is 0 Å². The molecule has 4 heteroatoms. The summed E-state index contributed by atoms with van der Waals surface area (Å²) in [5.74, 6) is 0. The second-order valence-electron chi connectivity index (χ2n) is 1.70. The first-order valence-electron chi connectivity index (χ1n) is 2.49. The van der Waals surface area contributed by atoms with E-state index in [1.165, 1.54) is 0 Å². The quantitative estimate of drug-likeness (QED) is 0.451. The maximum absolute atomic E-state index is 10.4. The number of hydrogen-bond acceptors (Lipinski definition) is 2. The lowest BCUT2D eigenvalue weighted by Gasteiger charge is -2.07. The summed E-state index contributed by atoms with van der Waals surface area (Å²) in [6.45, 7) is 2.34. The van der Waals surface area contributed by atoms with Crippen LogP contribution < -0.4 is 5.32 Å². The normalized spacial score (nSPS) is 19.4. The average molecular weight is 132 g/mol. The Labute approximate surface area is 53.5 Å². The van der Waals surface area contributed by atoms with E-state index >= 15 is 0 Å². The van der Waals surface area contributed by atoms with E-state index in [0.29, 0.717) is 6.67 Å². The molecule has 0 atom stereocenters. The van der Waals surface area contributed by atoms with E-state index in [0.717, 1.165) is 13.1 Å². The Morgan fingerprint density at radius 1 is 1.75 bits per heavy atom. The molecule has 1 N–H and O–H groups in total. The molecule has 46 valence electrons. The van der Waals surface area contributed by atoms with Gasteiger partial charge in [0.15, 0.2) is 0 Å². The van der Waals surface area contributed by atoms with E-state index in [4.69, 9.17) is 0 Å². The first kappa shape index (κ1) is 5.91. The van der Waals surface area contributed by atoms with Gasteiger partial charge in [0.25, 0.3) is 5.24 Å². The molecule has 0 bridgehead atoms. The summed E-state index contributed by atoms with van der Waals surface area (Å²) in [5, 5.41) is 2.87. The molecular weight excluding hydrogens is 124 g/mol. The van der Waals surface area contributed by atoms with E-state index in [1.807, 2.05) is 0 Å². The molecule has 3 nitrogen and oxygen atoms in total. The Morgan fingerprint density at radius 2 is 2.50 bits per heavy atom. The summed E-state index contributed by atoms with van der Waals surface area (Å²) >= 11 is 3.64. The Kier molecular flexibility index (Phi) is 1.75. The lowest BCUT2D eigenvalue weighted by Crippen LogP contribution is -2.24. The number of carbonyl (C=O) groups is 1. The van der Waals surface area contributed by atoms with Crippen molar-refractivity contribution < 1.29 is 4.79 Å². The molecule has 1 aliphatic heterocycles. The largest absolute Gasteiger partial charge is 0.320 e. The number of carbonyl (C=O) groups excluding carboxylic acids is 1. The summed E-state index contributed by atoms with van der Waals surface area (Å²) in [7, 11) is 0. The van der Waals surface area contributed by atoms with Crippen LogP contribution in [0.2, 0.25) is 0 Å². The molecule has 0 saturated carbocycles. The van der Waals surface area contributed by atoms with E-state index in [2.05, 4.69) is 17.9 Å². The highest BCUT2D eigenvalue weighted by atomic mass is 32.1. The van der Waals surface area contributed by atoms with Gasteiger partial charge in [-0.05, 0) is 0 Å². The summed E-state index contributed by atoms with van der Waals surface area (Å²) in [5.41, 5.74) is 0. The van der Waals surface area contributed by atoms with Gasteiger partial charge in [-0.15, -0.1) is 0 Å². The van der Waals surface area contributed by atoms with Gasteiger partial charge in [-0.2, -0.15) is 0 Å². The molecule has 1 saturated heterocycles. The van der Waals surface area contributed by atoms with Gasteiger partial charge in [-0.3, -0.25) is 10.1 Å². The Hall–Kier alpha value is -0.220. The van der Waals surface area contributed by atoms with E-state index in [1.54, 1.807) is 4.90 Å². The second kappa shape index (κ2) is 2.37. The van der Waals surface area contributed by atoms with Crippen molar-refractivity contribution in [3.8, 4) is 0 Å². The Morgan fingerprint density at radius 3 is 2.75 bits per heavy atom. The molecule has 1 rings (SSSR count). The lowest BCUT2D eigenvalue weighted by atomic mass is 10.7. The number of hydrogen-bond donors (Lipinski definition) is 2. The fraction of sp³-hybridized carbons (Fsp3) is 0.750. The van der Waals surface area contributed by atoms with Crippen LogP contribution in [0.3, 0.4) is 0 Å². The highest BCUT2D eigenvalue weighted by molar-refractivity contribution is 7.96. The molecule has 0 aromatic carbocycles. The maximum atomic E-state index is 10.4. The zero-order chi connectivity index (χ0) is 5.98. The highest BCUT2D eigenvalue weighted by Gasteiger charge is 2.12. The van der Waals surface area contributed by atoms with Gasteiger partial charge in [-0.1, -0.05) is 12.6 Å². The number of amides is 1. The van der Waals surface area contributed by atoms with E-state index < -0.39 is 0 Å². The topological polar surface area (TPSA) is 32.3 Å². The van der Waals surface area contributed by atoms with Gasteiger partial charge >= 0.3 is 0 Å². The first-order chi connectivity index (χ1) is 3.80. The van der Waals surface area contributed by atoms with Gasteiger partial charge in [0.05, 0.1) is 6.67 Å². The van der Waals surface area contributed by atoms with Crippen LogP contribution in [0, 0.1) is 0 Å². The number of nitrogens with zero attached hydrogens (tertiary/aromatic N) is 1. The smallest absolute Gasteiger partial charge is 0.279 e. The summed E-state index contributed by atoms with van der Waals surface area (Å²) < 4.78 is 0. The van der Waals surface area contributed by atoms with E-state index in [9.17, 15) is 4.79 Å². The third-order valence-electron chi connectivity index (χ3n) is 1.13. The summed E-state index contributed by atoms with van der Waals surface area (Å²) in [4.78, 5) is 12.0. The zero-order valence-electron chi connectivity index (χ0n) is 4.42. The first-order valence-corrected chi connectivity index (χ1v) is 2.94. The van der Waals surface area contributed by atoms with Crippen LogP contribution >= 0.6 is 12.6 Å². The molecule has 0 spiro atoms. The molecule has 0 unspecified atom stereocenters. The predicted molar refractivity (Wildman–Crippen MR) is 34.0 cm³/mol. The van der Waals surface area contributed by atoms with Gasteiger partial charge in [-0.25, -0.2) is 0 Å². The number of rotatable bonds is 0. The third kappa shape index (κ3) is 1.14. The molecule has 1 fully saturated rings. The van der Waals surface area contributed by atoms with Crippen molar-refractivity contribution in [1.82, 2.24) is 10.2 Å². The van der Waals surface area contributed by atoms with Crippen molar-refractivity contribution in [3.05, 3.63) is 0 Å². The van der Waals surface area contributed by atoms with Crippen LogP contribution in [-0.4, -0.2) is 29.9 Å². The maximum Gasteiger partial charge on any atom is 0.279 e. The highest BCUT2D eigenvalue weighted by Crippen LogP contribution is 1.96. The van der Waals surface area contributed by atoms with Crippen LogP contribution in [0.4, 0.5) is 4.79 Å². The van der Waals surface area contributed by atoms with Gasteiger partial charge in [0.1, 0.15) is 0 Å². The van der Waals surface area contributed by atoms with Crippen molar-refractivity contribution >= 4 is 17.9 Å². The molecule has 1 amide bonds. The van der Waals surface area contributed by atoms with Gasteiger partial charge in [0.2, 0.25) is 0 Å². The van der Waals surface area contributed by atoms with Crippen LogP contribution in [0.25, 0.3) is 0 Å². The fourth-order valence-corrected chi connectivity index (χ4v) is 0.841. The minimum atomic E-state index is -0.144. The SMILES string of the molecule is O=C(S)N1CCNC1. The van der Waals surface area contributed by atoms with Crippen molar-refractivity contribution in [2.24, 2.45) is 0 Å².